The van der Waals surface area contributed by atoms with E-state index in [-0.39, 0.29) is 12.2 Å². The van der Waals surface area contributed by atoms with Crippen LogP contribution < -0.4 is 0 Å². The van der Waals surface area contributed by atoms with E-state index in [0.29, 0.717) is 17.0 Å². The van der Waals surface area contributed by atoms with Crippen molar-refractivity contribution in [2.75, 3.05) is 6.61 Å². The molecule has 2 N–H and O–H groups in total. The topological polar surface area (TPSA) is 107 Å². The van der Waals surface area contributed by atoms with Crippen LogP contribution in [0.3, 0.4) is 0 Å². The summed E-state index contributed by atoms with van der Waals surface area (Å²) in [6.07, 6.45) is 7.71. The Labute approximate surface area is 329 Å². The quantitative estimate of drug-likeness (QED) is 0.0962. The Hall–Kier alpha value is -7.82. The van der Waals surface area contributed by atoms with Gasteiger partial charge in [-0.2, -0.15) is 5.26 Å². The fourth-order valence-electron chi connectivity index (χ4n) is 7.55. The predicted octanol–water partition coefficient (Wildman–Crippen LogP) is 11.7. The van der Waals surface area contributed by atoms with Crippen LogP contribution in [0.25, 0.3) is 90.4 Å². The van der Waals surface area contributed by atoms with E-state index in [1.807, 2.05) is 91.0 Å². The van der Waals surface area contributed by atoms with Gasteiger partial charge in [-0.1, -0.05) is 121 Å². The molecule has 57 heavy (non-hydrogen) atoms. The molecule has 3 aromatic heterocycles. The van der Waals surface area contributed by atoms with Crippen LogP contribution >= 0.6 is 0 Å². The van der Waals surface area contributed by atoms with Gasteiger partial charge >= 0.3 is 5.97 Å². The fraction of sp³-hybridized carbons (Fsp3) is 0.0400. The van der Waals surface area contributed by atoms with Crippen molar-refractivity contribution in [1.29, 1.82) is 5.26 Å². The molecule has 2 aliphatic heterocycles. The Morgan fingerprint density at radius 3 is 1.40 bits per heavy atom. The molecule has 5 heterocycles. The van der Waals surface area contributed by atoms with E-state index < -0.39 is 5.97 Å². The van der Waals surface area contributed by atoms with Crippen LogP contribution in [0.5, 0.6) is 0 Å². The lowest BCUT2D eigenvalue weighted by molar-refractivity contribution is -0.138. The van der Waals surface area contributed by atoms with Crippen LogP contribution in [0.2, 0.25) is 0 Å². The predicted molar refractivity (Wildman–Crippen MR) is 230 cm³/mol. The van der Waals surface area contributed by atoms with E-state index in [0.717, 1.165) is 78.0 Å². The summed E-state index contributed by atoms with van der Waals surface area (Å²) >= 11 is 0. The van der Waals surface area contributed by atoms with Crippen LogP contribution in [-0.2, 0) is 9.53 Å². The number of benzene rings is 4. The van der Waals surface area contributed by atoms with E-state index >= 15 is 0 Å². The van der Waals surface area contributed by atoms with Gasteiger partial charge in [-0.05, 0) is 77.7 Å². The number of allylic oxidation sites excluding steroid dienone is 2. The number of hydrogen-bond acceptors (Lipinski definition) is 5. The second-order valence-electron chi connectivity index (χ2n) is 13.6. The number of carbonyl (C=O) groups excluding carboxylic acids is 1. The number of esters is 1. The number of H-pyrrole nitrogens is 2. The van der Waals surface area contributed by atoms with Gasteiger partial charge in [0, 0.05) is 49.9 Å². The van der Waals surface area contributed by atoms with Gasteiger partial charge in [-0.25, -0.2) is 14.8 Å². The fourth-order valence-corrected chi connectivity index (χ4v) is 7.55. The summed E-state index contributed by atoms with van der Waals surface area (Å²) in [4.78, 5) is 31.4. The molecule has 0 saturated carbocycles. The number of nitriles is 1. The largest absolute Gasteiger partial charge is 0.462 e. The Morgan fingerprint density at radius 2 is 0.982 bits per heavy atom. The summed E-state index contributed by atoms with van der Waals surface area (Å²) in [5.74, 6) is -0.691. The summed E-state index contributed by atoms with van der Waals surface area (Å²) in [6, 6.07) is 51.1. The summed E-state index contributed by atoms with van der Waals surface area (Å²) < 4.78 is 5.31. The number of aromatic nitrogens is 4. The molecule has 4 aromatic carbocycles. The maximum absolute atomic E-state index is 13.1. The molecular formula is C50H35N5O2. The minimum atomic E-state index is -0.691. The van der Waals surface area contributed by atoms with Gasteiger partial charge in [0.2, 0.25) is 0 Å². The SMILES string of the molecule is CCOC(=O)/C(C#N)=C\C1=Cc2nc1c(-c1ccccc1)c1ccc([nH]1)c(-c1ccccc1)c1nc(c(-c3ccccc3)c3ccc([nH]3)c2-c2ccccc2)C=C1. The molecule has 7 heteroatoms. The number of carbonyl (C=O) groups is 1. The second-order valence-corrected chi connectivity index (χ2v) is 13.6. The summed E-state index contributed by atoms with van der Waals surface area (Å²) in [5, 5.41) is 10.2. The van der Waals surface area contributed by atoms with E-state index in [2.05, 4.69) is 88.9 Å². The summed E-state index contributed by atoms with van der Waals surface area (Å²) in [5.41, 5.74) is 14.2. The van der Waals surface area contributed by atoms with Gasteiger partial charge in [0.05, 0.1) is 29.4 Å². The van der Waals surface area contributed by atoms with Crippen molar-refractivity contribution >= 4 is 51.8 Å². The highest BCUT2D eigenvalue weighted by molar-refractivity contribution is 6.06. The van der Waals surface area contributed by atoms with Crippen molar-refractivity contribution in [1.82, 2.24) is 19.9 Å². The average Bonchev–Trinajstić information content (AvgIpc) is 4.09. The van der Waals surface area contributed by atoms with Gasteiger partial charge in [0.1, 0.15) is 11.6 Å². The normalized spacial score (nSPS) is 12.2. The van der Waals surface area contributed by atoms with Crippen molar-refractivity contribution in [2.45, 2.75) is 6.92 Å². The zero-order chi connectivity index (χ0) is 38.7. The van der Waals surface area contributed by atoms with Crippen molar-refractivity contribution in [3.05, 3.63) is 180 Å². The van der Waals surface area contributed by atoms with Crippen LogP contribution in [-0.4, -0.2) is 32.5 Å². The smallest absolute Gasteiger partial charge is 0.348 e. The molecule has 0 saturated heterocycles. The van der Waals surface area contributed by atoms with Crippen LogP contribution in [0.15, 0.2) is 157 Å². The van der Waals surface area contributed by atoms with Crippen LogP contribution in [0.4, 0.5) is 0 Å². The van der Waals surface area contributed by atoms with E-state index in [4.69, 9.17) is 14.7 Å². The maximum Gasteiger partial charge on any atom is 0.348 e. The molecule has 0 radical (unpaired) electrons. The van der Waals surface area contributed by atoms with Gasteiger partial charge in [-0.15, -0.1) is 0 Å². The van der Waals surface area contributed by atoms with E-state index in [1.54, 1.807) is 13.0 Å². The Kier molecular flexibility index (Phi) is 9.27. The number of aromatic amines is 2. The zero-order valence-electron chi connectivity index (χ0n) is 31.0. The number of hydrogen-bond donors (Lipinski definition) is 2. The number of nitrogens with one attached hydrogen (secondary N) is 2. The first kappa shape index (κ1) is 34.9. The molecule has 272 valence electrons. The standard InChI is InChI=1S/C50H35N5O2/c1-2-57-50(56)37(31-51)29-36-30-44-47(34-19-11-5-12-20-34)42-26-25-40(53-42)45(32-15-7-3-8-16-32)38-23-24-39(52-38)46(33-17-9-4-10-18-33)41-27-28-43(54-41)48(49(36)55-44)35-21-13-6-14-22-35/h3-30,53-54H,2H2,1H3/b37-29-,45-38?,45-40?,46-39?,46-41?,47-42?,47-44?,48-43?,49-48?. The molecule has 7 aromatic rings. The zero-order valence-corrected chi connectivity index (χ0v) is 31.0. The van der Waals surface area contributed by atoms with Gasteiger partial charge < -0.3 is 14.7 Å². The molecule has 7 nitrogen and oxygen atoms in total. The highest BCUT2D eigenvalue weighted by Gasteiger charge is 2.23. The third kappa shape index (κ3) is 6.66. The van der Waals surface area contributed by atoms with Crippen molar-refractivity contribution in [2.24, 2.45) is 0 Å². The lowest BCUT2D eigenvalue weighted by Crippen LogP contribution is -2.06. The molecule has 0 aliphatic carbocycles. The van der Waals surface area contributed by atoms with Crippen molar-refractivity contribution < 1.29 is 9.53 Å². The lowest BCUT2D eigenvalue weighted by Gasteiger charge is -2.08. The Balaban J connectivity index is 1.50. The summed E-state index contributed by atoms with van der Waals surface area (Å²) in [6.45, 7) is 1.87. The van der Waals surface area contributed by atoms with Crippen molar-refractivity contribution in [3.63, 3.8) is 0 Å². The first-order valence-corrected chi connectivity index (χ1v) is 18.8. The van der Waals surface area contributed by atoms with E-state index in [9.17, 15) is 10.1 Å². The summed E-state index contributed by atoms with van der Waals surface area (Å²) in [7, 11) is 0. The van der Waals surface area contributed by atoms with Gasteiger partial charge in [0.25, 0.3) is 0 Å². The number of ether oxygens (including phenoxy) is 1. The minimum absolute atomic E-state index is 0.120. The molecule has 9 rings (SSSR count). The number of fused-ring (bicyclic) bond motifs is 8. The third-order valence-electron chi connectivity index (χ3n) is 10.1. The Bertz CT molecular complexity index is 2970. The molecule has 0 fully saturated rings. The minimum Gasteiger partial charge on any atom is -0.462 e. The third-order valence-corrected chi connectivity index (χ3v) is 10.1. The maximum atomic E-state index is 13.1. The molecule has 0 spiro atoms. The number of rotatable bonds is 7. The number of nitrogens with zero attached hydrogens (tertiary/aromatic N) is 3. The second kappa shape index (κ2) is 15.1. The van der Waals surface area contributed by atoms with Gasteiger partial charge in [0.15, 0.2) is 0 Å². The molecule has 0 amide bonds. The monoisotopic (exact) mass is 737 g/mol. The van der Waals surface area contributed by atoms with Crippen LogP contribution in [0, 0.1) is 11.3 Å². The first-order valence-electron chi connectivity index (χ1n) is 18.8. The molecule has 0 atom stereocenters. The van der Waals surface area contributed by atoms with E-state index in [1.165, 1.54) is 0 Å². The van der Waals surface area contributed by atoms with Crippen molar-refractivity contribution in [3.8, 4) is 50.6 Å². The highest BCUT2D eigenvalue weighted by Crippen LogP contribution is 2.40. The first-order chi connectivity index (χ1) is 28.1. The highest BCUT2D eigenvalue weighted by atomic mass is 16.5. The molecule has 0 unspecified atom stereocenters. The van der Waals surface area contributed by atoms with Crippen LogP contribution in [0.1, 0.15) is 29.7 Å². The molecule has 2 aliphatic rings. The lowest BCUT2D eigenvalue weighted by atomic mass is 9.98. The average molecular weight is 738 g/mol. The van der Waals surface area contributed by atoms with Gasteiger partial charge in [-0.3, -0.25) is 0 Å². The molecular weight excluding hydrogens is 703 g/mol. The molecule has 8 bridgehead atoms. The Morgan fingerprint density at radius 1 is 0.579 bits per heavy atom.